The third kappa shape index (κ3) is 1.81. The molecule has 0 bridgehead atoms. The van der Waals surface area contributed by atoms with Crippen LogP contribution in [0.3, 0.4) is 0 Å². The van der Waals surface area contributed by atoms with Crippen molar-refractivity contribution in [3.63, 3.8) is 0 Å². The van der Waals surface area contributed by atoms with E-state index in [0.717, 1.165) is 25.7 Å². The van der Waals surface area contributed by atoms with Gasteiger partial charge >= 0.3 is 5.97 Å². The first-order valence-electron chi connectivity index (χ1n) is 5.87. The minimum Gasteiger partial charge on any atom is -0.480 e. The van der Waals surface area contributed by atoms with E-state index in [1.165, 1.54) is 0 Å². The topological polar surface area (TPSA) is 66.4 Å². The van der Waals surface area contributed by atoms with Gasteiger partial charge in [-0.05, 0) is 24.7 Å². The van der Waals surface area contributed by atoms with Crippen molar-refractivity contribution in [1.82, 2.24) is 5.32 Å². The van der Waals surface area contributed by atoms with Gasteiger partial charge in [0.25, 0.3) is 0 Å². The first kappa shape index (κ1) is 11.4. The highest BCUT2D eigenvalue weighted by Crippen LogP contribution is 2.52. The van der Waals surface area contributed by atoms with E-state index in [1.807, 2.05) is 0 Å². The van der Waals surface area contributed by atoms with E-state index in [-0.39, 0.29) is 16.7 Å². The molecule has 16 heavy (non-hydrogen) atoms. The van der Waals surface area contributed by atoms with Gasteiger partial charge in [0, 0.05) is 11.8 Å². The number of carboxylic acid groups (broad SMARTS) is 1. The van der Waals surface area contributed by atoms with Crippen LogP contribution >= 0.6 is 0 Å². The Morgan fingerprint density at radius 1 is 1.44 bits per heavy atom. The predicted molar refractivity (Wildman–Crippen MR) is 58.9 cm³/mol. The number of hydrogen-bond donors (Lipinski definition) is 2. The number of carboxylic acids is 1. The lowest BCUT2D eigenvalue weighted by Crippen LogP contribution is -2.47. The van der Waals surface area contributed by atoms with Crippen LogP contribution in [0, 0.1) is 10.8 Å². The fraction of sp³-hybridized carbons (Fsp3) is 0.833. The smallest absolute Gasteiger partial charge is 0.326 e. The summed E-state index contributed by atoms with van der Waals surface area (Å²) < 4.78 is 0. The molecule has 4 nitrogen and oxygen atoms in total. The van der Waals surface area contributed by atoms with Gasteiger partial charge in [-0.15, -0.1) is 0 Å². The van der Waals surface area contributed by atoms with Crippen molar-refractivity contribution in [2.75, 3.05) is 0 Å². The molecule has 0 radical (unpaired) electrons. The fourth-order valence-corrected chi connectivity index (χ4v) is 3.56. The van der Waals surface area contributed by atoms with E-state index in [2.05, 4.69) is 19.2 Å². The standard InChI is InChI=1S/C12H19NO3/c1-11(2)4-3-5-12(7-11)6-8(14)13-9(12)10(15)16/h9H,3-7H2,1-2H3,(H,13,14)(H,15,16). The fourth-order valence-electron chi connectivity index (χ4n) is 3.56. The molecular weight excluding hydrogens is 206 g/mol. The lowest BCUT2D eigenvalue weighted by Gasteiger charge is -2.43. The number of carbonyl (C=O) groups excluding carboxylic acids is 1. The van der Waals surface area contributed by atoms with Gasteiger partial charge in [0.2, 0.25) is 5.91 Å². The first-order chi connectivity index (χ1) is 7.35. The molecule has 2 aliphatic rings. The molecule has 2 N–H and O–H groups in total. The number of carbonyl (C=O) groups is 2. The SMILES string of the molecule is CC1(C)CCCC2(CC(=O)NC2C(=O)O)C1. The van der Waals surface area contributed by atoms with Crippen LogP contribution < -0.4 is 5.32 Å². The summed E-state index contributed by atoms with van der Waals surface area (Å²) in [6.45, 7) is 4.32. The van der Waals surface area contributed by atoms with Crippen LogP contribution in [-0.2, 0) is 9.59 Å². The molecule has 4 heteroatoms. The van der Waals surface area contributed by atoms with Gasteiger partial charge in [-0.1, -0.05) is 20.3 Å². The molecule has 2 unspecified atom stereocenters. The van der Waals surface area contributed by atoms with E-state index >= 15 is 0 Å². The zero-order valence-electron chi connectivity index (χ0n) is 9.88. The lowest BCUT2D eigenvalue weighted by molar-refractivity contribution is -0.143. The van der Waals surface area contributed by atoms with E-state index in [0.29, 0.717) is 6.42 Å². The van der Waals surface area contributed by atoms with E-state index in [1.54, 1.807) is 0 Å². The predicted octanol–water partition coefficient (Wildman–Crippen LogP) is 1.55. The van der Waals surface area contributed by atoms with Crippen LogP contribution in [0.25, 0.3) is 0 Å². The van der Waals surface area contributed by atoms with Crippen molar-refractivity contribution in [1.29, 1.82) is 0 Å². The van der Waals surface area contributed by atoms with Crippen LogP contribution in [0.15, 0.2) is 0 Å². The summed E-state index contributed by atoms with van der Waals surface area (Å²) >= 11 is 0. The van der Waals surface area contributed by atoms with Gasteiger partial charge in [-0.2, -0.15) is 0 Å². The molecule has 0 aromatic carbocycles. The van der Waals surface area contributed by atoms with Crippen molar-refractivity contribution in [3.05, 3.63) is 0 Å². The average Bonchev–Trinajstić information content (AvgIpc) is 2.40. The molecule has 90 valence electrons. The molecule has 0 aromatic heterocycles. The van der Waals surface area contributed by atoms with Gasteiger partial charge in [0.05, 0.1) is 0 Å². The second kappa shape index (κ2) is 3.47. The second-order valence-corrected chi connectivity index (χ2v) is 6.07. The Morgan fingerprint density at radius 3 is 2.69 bits per heavy atom. The third-order valence-corrected chi connectivity index (χ3v) is 4.04. The maximum absolute atomic E-state index is 11.5. The highest BCUT2D eigenvalue weighted by Gasteiger charge is 2.53. The van der Waals surface area contributed by atoms with Gasteiger partial charge in [0.15, 0.2) is 0 Å². The van der Waals surface area contributed by atoms with Gasteiger partial charge in [-0.25, -0.2) is 4.79 Å². The summed E-state index contributed by atoms with van der Waals surface area (Å²) in [5.41, 5.74) is -0.192. The van der Waals surface area contributed by atoms with Gasteiger partial charge in [0.1, 0.15) is 6.04 Å². The monoisotopic (exact) mass is 225 g/mol. The molecule has 1 spiro atoms. The largest absolute Gasteiger partial charge is 0.480 e. The Morgan fingerprint density at radius 2 is 2.12 bits per heavy atom. The Labute approximate surface area is 95.4 Å². The van der Waals surface area contributed by atoms with Crippen LogP contribution in [0.4, 0.5) is 0 Å². The molecule has 2 atom stereocenters. The molecule has 1 heterocycles. The van der Waals surface area contributed by atoms with Gasteiger partial charge in [-0.3, -0.25) is 4.79 Å². The second-order valence-electron chi connectivity index (χ2n) is 6.07. The quantitative estimate of drug-likeness (QED) is 0.711. The first-order valence-corrected chi connectivity index (χ1v) is 5.87. The van der Waals surface area contributed by atoms with Crippen molar-refractivity contribution in [3.8, 4) is 0 Å². The summed E-state index contributed by atoms with van der Waals surface area (Å²) in [7, 11) is 0. The Kier molecular flexibility index (Phi) is 2.48. The van der Waals surface area contributed by atoms with Gasteiger partial charge < -0.3 is 10.4 Å². The molecule has 2 fully saturated rings. The number of rotatable bonds is 1. The Balaban J connectivity index is 2.28. The van der Waals surface area contributed by atoms with Crippen molar-refractivity contribution >= 4 is 11.9 Å². The summed E-state index contributed by atoms with van der Waals surface area (Å²) in [5.74, 6) is -0.992. The van der Waals surface area contributed by atoms with E-state index in [4.69, 9.17) is 0 Å². The molecule has 1 aliphatic heterocycles. The number of aliphatic carboxylic acids is 1. The Bertz CT molecular complexity index is 337. The normalized spacial score (nSPS) is 37.4. The summed E-state index contributed by atoms with van der Waals surface area (Å²) in [5, 5.41) is 11.8. The van der Waals surface area contributed by atoms with E-state index in [9.17, 15) is 14.7 Å². The summed E-state index contributed by atoms with van der Waals surface area (Å²) in [6.07, 6.45) is 4.20. The molecule has 1 amide bonds. The zero-order chi connectivity index (χ0) is 12.0. The average molecular weight is 225 g/mol. The zero-order valence-corrected chi connectivity index (χ0v) is 9.88. The minimum absolute atomic E-state index is 0.106. The number of amides is 1. The Hall–Kier alpha value is -1.06. The van der Waals surface area contributed by atoms with Crippen LogP contribution in [0.1, 0.15) is 46.0 Å². The molecule has 1 saturated heterocycles. The molecule has 1 saturated carbocycles. The van der Waals surface area contributed by atoms with Crippen LogP contribution in [0.5, 0.6) is 0 Å². The van der Waals surface area contributed by atoms with Crippen molar-refractivity contribution < 1.29 is 14.7 Å². The van der Waals surface area contributed by atoms with Crippen LogP contribution in [0.2, 0.25) is 0 Å². The number of hydrogen-bond acceptors (Lipinski definition) is 2. The highest BCUT2D eigenvalue weighted by molar-refractivity contribution is 5.89. The molecule has 0 aromatic rings. The number of nitrogens with one attached hydrogen (secondary N) is 1. The molecule has 2 rings (SSSR count). The molecule has 1 aliphatic carbocycles. The summed E-state index contributed by atoms with van der Waals surface area (Å²) in [4.78, 5) is 22.7. The summed E-state index contributed by atoms with van der Waals surface area (Å²) in [6, 6.07) is -0.681. The van der Waals surface area contributed by atoms with Crippen molar-refractivity contribution in [2.24, 2.45) is 10.8 Å². The van der Waals surface area contributed by atoms with Crippen molar-refractivity contribution in [2.45, 2.75) is 52.0 Å². The maximum atomic E-state index is 11.5. The van der Waals surface area contributed by atoms with E-state index < -0.39 is 12.0 Å². The molecular formula is C12H19NO3. The lowest BCUT2D eigenvalue weighted by atomic mass is 9.60. The maximum Gasteiger partial charge on any atom is 0.326 e. The highest BCUT2D eigenvalue weighted by atomic mass is 16.4. The minimum atomic E-state index is -0.886. The van der Waals surface area contributed by atoms with Crippen LogP contribution in [-0.4, -0.2) is 23.0 Å². The third-order valence-electron chi connectivity index (χ3n) is 4.04.